The maximum Gasteiger partial charge on any atom is 0.341 e. The number of aromatic nitrogens is 1. The van der Waals surface area contributed by atoms with Crippen LogP contribution in [0.25, 0.3) is 10.9 Å². The van der Waals surface area contributed by atoms with Crippen LogP contribution in [-0.2, 0) is 0 Å². The van der Waals surface area contributed by atoms with Gasteiger partial charge in [0.25, 0.3) is 0 Å². The van der Waals surface area contributed by atoms with Gasteiger partial charge in [0.05, 0.1) is 27.3 Å². The number of nitrogen functional groups attached to an aromatic ring is 1. The van der Waals surface area contributed by atoms with Gasteiger partial charge in [0.2, 0.25) is 5.43 Å². The summed E-state index contributed by atoms with van der Waals surface area (Å²) in [6.45, 7) is 1.90. The van der Waals surface area contributed by atoms with Crippen LogP contribution in [0.15, 0.2) is 11.0 Å². The lowest BCUT2D eigenvalue weighted by Gasteiger charge is -2.36. The molecule has 2 aliphatic carbocycles. The summed E-state index contributed by atoms with van der Waals surface area (Å²) in [6, 6.07) is 0.0363. The molecule has 9 heteroatoms. The third-order valence-electron chi connectivity index (χ3n) is 6.08. The number of hydrogen-bond donors (Lipinski definition) is 3. The highest BCUT2D eigenvalue weighted by molar-refractivity contribution is 6.38. The molecule has 1 spiro atoms. The van der Waals surface area contributed by atoms with Gasteiger partial charge < -0.3 is 25.6 Å². The van der Waals surface area contributed by atoms with Crippen molar-refractivity contribution < 1.29 is 14.3 Å². The zero-order valence-corrected chi connectivity index (χ0v) is 15.9. The number of nitrogens with zero attached hydrogens (tertiary/aromatic N) is 2. The number of nitrogens with two attached hydrogens (primary N) is 1. The van der Waals surface area contributed by atoms with Gasteiger partial charge in [0, 0.05) is 37.4 Å². The highest BCUT2D eigenvalue weighted by Crippen LogP contribution is 2.46. The topological polar surface area (TPSA) is 101 Å². The maximum absolute atomic E-state index is 15.3. The summed E-state index contributed by atoms with van der Waals surface area (Å²) in [7, 11) is 0. The molecule has 1 aliphatic heterocycles. The quantitative estimate of drug-likeness (QED) is 0.676. The van der Waals surface area contributed by atoms with Gasteiger partial charge in [-0.1, -0.05) is 11.6 Å². The van der Waals surface area contributed by atoms with Crippen molar-refractivity contribution >= 4 is 39.8 Å². The molecular formula is C19H20ClFN4O3. The molecule has 4 N–H and O–H groups in total. The summed E-state index contributed by atoms with van der Waals surface area (Å²) in [6.07, 6.45) is 5.06. The van der Waals surface area contributed by atoms with E-state index in [1.165, 1.54) is 6.20 Å². The lowest BCUT2D eigenvalue weighted by Crippen LogP contribution is -2.53. The van der Waals surface area contributed by atoms with Crippen molar-refractivity contribution in [2.75, 3.05) is 30.3 Å². The number of aromatic carboxylic acids is 1. The largest absolute Gasteiger partial charge is 0.477 e. The van der Waals surface area contributed by atoms with Gasteiger partial charge in [-0.2, -0.15) is 0 Å². The Morgan fingerprint density at radius 1 is 1.39 bits per heavy atom. The summed E-state index contributed by atoms with van der Waals surface area (Å²) in [4.78, 5) is 26.2. The third kappa shape index (κ3) is 2.51. The molecule has 28 heavy (non-hydrogen) atoms. The Morgan fingerprint density at radius 3 is 2.71 bits per heavy atom. The van der Waals surface area contributed by atoms with Crippen molar-refractivity contribution in [1.29, 1.82) is 0 Å². The molecule has 148 valence electrons. The Labute approximate surface area is 164 Å². The molecule has 3 fully saturated rings. The number of rotatable bonds is 3. The predicted octanol–water partition coefficient (Wildman–Crippen LogP) is 2.35. The standard InChI is InChI=1S/C19H20ClFN4O3/c20-12-15-11(17(26)10(18(27)28)7-25(15)9-1-2-9)14(22)13(21)16(12)24-6-5-23-19(8-24)3-4-19/h7,9,23H,1-6,8,22H2,(H,27,28). The fourth-order valence-corrected chi connectivity index (χ4v) is 4.65. The summed E-state index contributed by atoms with van der Waals surface area (Å²) in [5, 5.41) is 12.9. The molecule has 1 aromatic carbocycles. The van der Waals surface area contributed by atoms with Crippen LogP contribution >= 0.6 is 11.6 Å². The number of carbonyl (C=O) groups is 1. The van der Waals surface area contributed by atoms with Crippen LogP contribution in [0.1, 0.15) is 42.1 Å². The smallest absolute Gasteiger partial charge is 0.341 e. The van der Waals surface area contributed by atoms with Gasteiger partial charge >= 0.3 is 5.97 Å². The van der Waals surface area contributed by atoms with Crippen molar-refractivity contribution in [2.45, 2.75) is 37.3 Å². The van der Waals surface area contributed by atoms with Crippen molar-refractivity contribution in [3.63, 3.8) is 0 Å². The summed E-state index contributed by atoms with van der Waals surface area (Å²) in [5.41, 5.74) is 5.03. The molecule has 0 unspecified atom stereocenters. The second kappa shape index (κ2) is 5.84. The van der Waals surface area contributed by atoms with Crippen LogP contribution in [0.3, 0.4) is 0 Å². The molecule has 7 nitrogen and oxygen atoms in total. The Morgan fingerprint density at radius 2 is 2.11 bits per heavy atom. The van der Waals surface area contributed by atoms with Crippen molar-refractivity contribution in [1.82, 2.24) is 9.88 Å². The van der Waals surface area contributed by atoms with Gasteiger partial charge in [0.1, 0.15) is 5.56 Å². The predicted molar refractivity (Wildman–Crippen MR) is 105 cm³/mol. The molecule has 1 saturated heterocycles. The van der Waals surface area contributed by atoms with E-state index in [0.29, 0.717) is 25.2 Å². The number of carboxylic acids is 1. The first kappa shape index (κ1) is 17.8. The highest BCUT2D eigenvalue weighted by Gasteiger charge is 2.46. The van der Waals surface area contributed by atoms with E-state index in [1.807, 2.05) is 4.90 Å². The highest BCUT2D eigenvalue weighted by atomic mass is 35.5. The Kier molecular flexibility index (Phi) is 3.70. The minimum absolute atomic E-state index is 0.00105. The van der Waals surface area contributed by atoms with Crippen LogP contribution in [0.5, 0.6) is 0 Å². The average molecular weight is 407 g/mol. The molecule has 2 aromatic rings. The van der Waals surface area contributed by atoms with Gasteiger partial charge in [-0.3, -0.25) is 4.79 Å². The lowest BCUT2D eigenvalue weighted by atomic mass is 10.1. The molecular weight excluding hydrogens is 387 g/mol. The number of hydrogen-bond acceptors (Lipinski definition) is 5. The molecule has 3 aliphatic rings. The second-order valence-electron chi connectivity index (χ2n) is 8.06. The molecule has 0 radical (unpaired) electrons. The number of anilines is 2. The minimum atomic E-state index is -1.36. The summed E-state index contributed by atoms with van der Waals surface area (Å²) in [5.74, 6) is -2.11. The van der Waals surface area contributed by atoms with Gasteiger partial charge in [-0.15, -0.1) is 0 Å². The van der Waals surface area contributed by atoms with Gasteiger partial charge in [0.15, 0.2) is 5.82 Å². The first-order valence-electron chi connectivity index (χ1n) is 9.41. The van der Waals surface area contributed by atoms with E-state index in [4.69, 9.17) is 17.3 Å². The molecule has 5 rings (SSSR count). The van der Waals surface area contributed by atoms with Crippen molar-refractivity contribution in [3.05, 3.63) is 32.8 Å². The fourth-order valence-electron chi connectivity index (χ4n) is 4.26. The Balaban J connectivity index is 1.80. The van der Waals surface area contributed by atoms with Gasteiger partial charge in [-0.05, 0) is 25.7 Å². The zero-order chi connectivity index (χ0) is 19.8. The van der Waals surface area contributed by atoms with Crippen molar-refractivity contribution in [3.8, 4) is 0 Å². The molecule has 1 aromatic heterocycles. The number of fused-ring (bicyclic) bond motifs is 1. The zero-order valence-electron chi connectivity index (χ0n) is 15.1. The summed E-state index contributed by atoms with van der Waals surface area (Å²) >= 11 is 6.68. The monoisotopic (exact) mass is 406 g/mol. The van der Waals surface area contributed by atoms with E-state index in [-0.39, 0.29) is 33.4 Å². The van der Waals surface area contributed by atoms with E-state index < -0.39 is 22.8 Å². The maximum atomic E-state index is 15.3. The van der Waals surface area contributed by atoms with Crippen LogP contribution in [0.4, 0.5) is 15.8 Å². The second-order valence-corrected chi connectivity index (χ2v) is 8.44. The van der Waals surface area contributed by atoms with E-state index in [9.17, 15) is 14.7 Å². The molecule has 0 atom stereocenters. The minimum Gasteiger partial charge on any atom is -0.477 e. The number of piperazine rings is 1. The number of nitrogens with one attached hydrogen (secondary N) is 1. The van der Waals surface area contributed by atoms with Crippen LogP contribution in [0.2, 0.25) is 5.02 Å². The first-order chi connectivity index (χ1) is 13.3. The number of pyridine rings is 1. The molecule has 0 amide bonds. The van der Waals surface area contributed by atoms with E-state index in [1.54, 1.807) is 4.57 Å². The van der Waals surface area contributed by atoms with E-state index in [0.717, 1.165) is 25.7 Å². The average Bonchev–Trinajstić information content (AvgIpc) is 3.57. The lowest BCUT2D eigenvalue weighted by molar-refractivity contribution is 0.0695. The summed E-state index contributed by atoms with van der Waals surface area (Å²) < 4.78 is 17.0. The van der Waals surface area contributed by atoms with Crippen LogP contribution < -0.4 is 21.4 Å². The molecule has 0 bridgehead atoms. The Bertz CT molecular complexity index is 1090. The number of carboxylic acid groups (broad SMARTS) is 1. The van der Waals surface area contributed by atoms with Gasteiger partial charge in [-0.25, -0.2) is 9.18 Å². The SMILES string of the molecule is Nc1c(F)c(N2CCNC3(CC3)C2)c(Cl)c2c1c(=O)c(C(=O)O)cn2C1CC1. The first-order valence-corrected chi connectivity index (χ1v) is 9.79. The molecule has 2 saturated carbocycles. The van der Waals surface area contributed by atoms with Crippen molar-refractivity contribution in [2.24, 2.45) is 0 Å². The fraction of sp³-hybridized carbons (Fsp3) is 0.474. The van der Waals surface area contributed by atoms with Crippen LogP contribution in [0, 0.1) is 5.82 Å². The Hall–Kier alpha value is -2.32. The number of benzene rings is 1. The molecule has 2 heterocycles. The number of halogens is 2. The van der Waals surface area contributed by atoms with E-state index in [2.05, 4.69) is 5.32 Å². The van der Waals surface area contributed by atoms with E-state index >= 15 is 4.39 Å². The third-order valence-corrected chi connectivity index (χ3v) is 6.44. The van der Waals surface area contributed by atoms with Crippen LogP contribution in [-0.4, -0.2) is 40.8 Å². The normalized spacial score (nSPS) is 20.7.